The Morgan fingerprint density at radius 3 is 2.32 bits per heavy atom. The molecular formula is C16H25NO2. The molecule has 0 aliphatic carbocycles. The first-order chi connectivity index (χ1) is 9.17. The van der Waals surface area contributed by atoms with E-state index in [4.69, 9.17) is 9.47 Å². The van der Waals surface area contributed by atoms with Crippen molar-refractivity contribution >= 4 is 0 Å². The summed E-state index contributed by atoms with van der Waals surface area (Å²) in [7, 11) is 3.43. The fourth-order valence-electron chi connectivity index (χ4n) is 3.04. The topological polar surface area (TPSA) is 30.5 Å². The molecule has 1 aliphatic heterocycles. The Hall–Kier alpha value is -1.22. The molecule has 0 amide bonds. The number of nitrogens with one attached hydrogen (secondary N) is 1. The predicted molar refractivity (Wildman–Crippen MR) is 78.3 cm³/mol. The highest BCUT2D eigenvalue weighted by molar-refractivity contribution is 5.54. The molecule has 0 spiro atoms. The molecule has 1 fully saturated rings. The Kier molecular flexibility index (Phi) is 4.70. The minimum atomic E-state index is 0.789. The molecule has 0 unspecified atom stereocenters. The van der Waals surface area contributed by atoms with Crippen LogP contribution in [0, 0.1) is 19.8 Å². The highest BCUT2D eigenvalue weighted by Gasteiger charge is 2.19. The number of hydrogen-bond acceptors (Lipinski definition) is 3. The summed E-state index contributed by atoms with van der Waals surface area (Å²) < 4.78 is 11.0. The predicted octanol–water partition coefficient (Wildman–Crippen LogP) is 2.86. The summed E-state index contributed by atoms with van der Waals surface area (Å²) in [6, 6.07) is 2.26. The van der Waals surface area contributed by atoms with Gasteiger partial charge in [-0.05, 0) is 68.8 Å². The van der Waals surface area contributed by atoms with E-state index < -0.39 is 0 Å². The number of methoxy groups -OCH3 is 2. The Morgan fingerprint density at radius 2 is 1.74 bits per heavy atom. The minimum Gasteiger partial charge on any atom is -0.493 e. The summed E-state index contributed by atoms with van der Waals surface area (Å²) in [6.07, 6.45) is 3.69. The van der Waals surface area contributed by atoms with Crippen LogP contribution in [0.5, 0.6) is 11.5 Å². The van der Waals surface area contributed by atoms with E-state index in [-0.39, 0.29) is 0 Å². The van der Waals surface area contributed by atoms with Gasteiger partial charge in [0.05, 0.1) is 14.2 Å². The Balaban J connectivity index is 2.27. The fraction of sp³-hybridized carbons (Fsp3) is 0.625. The molecule has 1 heterocycles. The normalized spacial score (nSPS) is 16.4. The van der Waals surface area contributed by atoms with Gasteiger partial charge in [0.2, 0.25) is 0 Å². The lowest BCUT2D eigenvalue weighted by molar-refractivity contribution is 0.347. The van der Waals surface area contributed by atoms with E-state index in [9.17, 15) is 0 Å². The van der Waals surface area contributed by atoms with Gasteiger partial charge in [-0.1, -0.05) is 6.07 Å². The number of hydrogen-bond donors (Lipinski definition) is 1. The molecule has 0 bridgehead atoms. The molecule has 1 aromatic carbocycles. The quantitative estimate of drug-likeness (QED) is 0.906. The van der Waals surface area contributed by atoms with Crippen LogP contribution in [-0.4, -0.2) is 27.3 Å². The number of benzene rings is 1. The van der Waals surface area contributed by atoms with Crippen molar-refractivity contribution in [1.29, 1.82) is 0 Å². The van der Waals surface area contributed by atoms with Gasteiger partial charge in [0.15, 0.2) is 11.5 Å². The number of ether oxygens (including phenoxy) is 2. The van der Waals surface area contributed by atoms with Crippen LogP contribution in [0.1, 0.15) is 29.5 Å². The van der Waals surface area contributed by atoms with Crippen molar-refractivity contribution in [1.82, 2.24) is 5.32 Å². The van der Waals surface area contributed by atoms with Gasteiger partial charge in [-0.2, -0.15) is 0 Å². The van der Waals surface area contributed by atoms with Gasteiger partial charge < -0.3 is 14.8 Å². The summed E-state index contributed by atoms with van der Waals surface area (Å²) in [5.74, 6) is 2.55. The molecule has 1 aromatic rings. The molecule has 106 valence electrons. The van der Waals surface area contributed by atoms with E-state index >= 15 is 0 Å². The van der Waals surface area contributed by atoms with Crippen molar-refractivity contribution in [3.05, 3.63) is 22.8 Å². The van der Waals surface area contributed by atoms with Gasteiger partial charge >= 0.3 is 0 Å². The van der Waals surface area contributed by atoms with E-state index in [0.29, 0.717) is 0 Å². The molecule has 2 rings (SSSR count). The summed E-state index contributed by atoms with van der Waals surface area (Å²) in [5.41, 5.74) is 3.79. The molecule has 0 saturated carbocycles. The molecule has 19 heavy (non-hydrogen) atoms. The van der Waals surface area contributed by atoms with Gasteiger partial charge in [-0.3, -0.25) is 0 Å². The molecule has 1 aliphatic rings. The highest BCUT2D eigenvalue weighted by atomic mass is 16.5. The van der Waals surface area contributed by atoms with Crippen molar-refractivity contribution in [3.8, 4) is 11.5 Å². The first kappa shape index (κ1) is 14.2. The molecule has 0 radical (unpaired) electrons. The lowest BCUT2D eigenvalue weighted by Crippen LogP contribution is -2.28. The van der Waals surface area contributed by atoms with Crippen molar-refractivity contribution in [2.75, 3.05) is 27.3 Å². The van der Waals surface area contributed by atoms with Gasteiger partial charge in [0, 0.05) is 0 Å². The standard InChI is InChI=1S/C16H25NO2/c1-11-9-14(10-13-5-7-17-8-6-13)12(2)16(19-4)15(11)18-3/h9,13,17H,5-8,10H2,1-4H3. The van der Waals surface area contributed by atoms with Crippen molar-refractivity contribution in [3.63, 3.8) is 0 Å². The number of rotatable bonds is 4. The Labute approximate surface area is 116 Å². The first-order valence-electron chi connectivity index (χ1n) is 7.09. The number of piperidine rings is 1. The van der Waals surface area contributed by atoms with Crippen LogP contribution in [0.25, 0.3) is 0 Å². The van der Waals surface area contributed by atoms with Crippen LogP contribution in [0.15, 0.2) is 6.07 Å². The third kappa shape index (κ3) is 3.03. The zero-order valence-electron chi connectivity index (χ0n) is 12.5. The third-order valence-electron chi connectivity index (χ3n) is 4.15. The lowest BCUT2D eigenvalue weighted by atomic mass is 9.88. The van der Waals surface area contributed by atoms with E-state index in [1.165, 1.54) is 24.0 Å². The summed E-state index contributed by atoms with van der Waals surface area (Å²) >= 11 is 0. The third-order valence-corrected chi connectivity index (χ3v) is 4.15. The zero-order chi connectivity index (χ0) is 13.8. The maximum atomic E-state index is 5.54. The SMILES string of the molecule is COc1c(C)cc(CC2CCNCC2)c(C)c1OC. The van der Waals surface area contributed by atoms with Crippen LogP contribution in [0.4, 0.5) is 0 Å². The van der Waals surface area contributed by atoms with Gasteiger partial charge in [0.25, 0.3) is 0 Å². The van der Waals surface area contributed by atoms with Crippen molar-refractivity contribution < 1.29 is 9.47 Å². The van der Waals surface area contributed by atoms with Crippen LogP contribution in [-0.2, 0) is 6.42 Å². The Bertz CT molecular complexity index is 437. The molecule has 3 nitrogen and oxygen atoms in total. The maximum absolute atomic E-state index is 5.54. The average Bonchev–Trinajstić information content (AvgIpc) is 2.43. The van der Waals surface area contributed by atoms with Gasteiger partial charge in [-0.15, -0.1) is 0 Å². The van der Waals surface area contributed by atoms with Crippen molar-refractivity contribution in [2.45, 2.75) is 33.1 Å². The maximum Gasteiger partial charge on any atom is 0.164 e. The molecule has 1 saturated heterocycles. The molecule has 1 N–H and O–H groups in total. The second kappa shape index (κ2) is 6.29. The smallest absolute Gasteiger partial charge is 0.164 e. The summed E-state index contributed by atoms with van der Waals surface area (Å²) in [6.45, 7) is 6.52. The van der Waals surface area contributed by atoms with E-state index in [2.05, 4.69) is 25.2 Å². The largest absolute Gasteiger partial charge is 0.493 e. The van der Waals surface area contributed by atoms with Crippen LogP contribution in [0.2, 0.25) is 0 Å². The zero-order valence-corrected chi connectivity index (χ0v) is 12.5. The van der Waals surface area contributed by atoms with Crippen LogP contribution < -0.4 is 14.8 Å². The fourth-order valence-corrected chi connectivity index (χ4v) is 3.04. The monoisotopic (exact) mass is 263 g/mol. The highest BCUT2D eigenvalue weighted by Crippen LogP contribution is 2.37. The van der Waals surface area contributed by atoms with E-state index in [0.717, 1.165) is 42.5 Å². The molecule has 0 aromatic heterocycles. The average molecular weight is 263 g/mol. The second-order valence-corrected chi connectivity index (χ2v) is 5.44. The second-order valence-electron chi connectivity index (χ2n) is 5.44. The number of aryl methyl sites for hydroxylation is 1. The van der Waals surface area contributed by atoms with Gasteiger partial charge in [0.1, 0.15) is 0 Å². The van der Waals surface area contributed by atoms with E-state index in [1.807, 2.05) is 0 Å². The van der Waals surface area contributed by atoms with Crippen molar-refractivity contribution in [2.24, 2.45) is 5.92 Å². The summed E-state index contributed by atoms with van der Waals surface area (Å²) in [4.78, 5) is 0. The molecular weight excluding hydrogens is 238 g/mol. The van der Waals surface area contributed by atoms with Crippen LogP contribution in [0.3, 0.4) is 0 Å². The minimum absolute atomic E-state index is 0.789. The Morgan fingerprint density at radius 1 is 1.11 bits per heavy atom. The van der Waals surface area contributed by atoms with E-state index in [1.54, 1.807) is 14.2 Å². The molecule has 0 atom stereocenters. The molecule has 3 heteroatoms. The summed E-state index contributed by atoms with van der Waals surface area (Å²) in [5, 5.41) is 3.42. The van der Waals surface area contributed by atoms with Gasteiger partial charge in [-0.25, -0.2) is 0 Å². The lowest BCUT2D eigenvalue weighted by Gasteiger charge is -2.24. The first-order valence-corrected chi connectivity index (χ1v) is 7.09. The van der Waals surface area contributed by atoms with Crippen LogP contribution >= 0.6 is 0 Å².